The van der Waals surface area contributed by atoms with Gasteiger partial charge in [0.25, 0.3) is 16.6 Å². The quantitative estimate of drug-likeness (QED) is 0.206. The number of carbonyl (C=O) groups excluding carboxylic acids is 2. The minimum atomic E-state index is -2.16. The minimum Gasteiger partial charge on any atom is -0.501 e. The summed E-state index contributed by atoms with van der Waals surface area (Å²) in [6, 6.07) is 5.58. The lowest BCUT2D eigenvalue weighted by molar-refractivity contribution is 0.196. The van der Waals surface area contributed by atoms with Crippen molar-refractivity contribution in [2.75, 3.05) is 0 Å². The minimum absolute atomic E-state index is 0.729. The van der Waals surface area contributed by atoms with Gasteiger partial charge in [-0.3, -0.25) is 0 Å². The molecule has 0 rings (SSSR count). The lowest BCUT2D eigenvalue weighted by Crippen LogP contribution is -2.40. The predicted octanol–water partition coefficient (Wildman–Crippen LogP) is 8.06. The Morgan fingerprint density at radius 3 is 0.929 bits per heavy atom. The molecule has 28 heavy (non-hydrogen) atoms. The Balaban J connectivity index is 5.11. The molecule has 164 valence electrons. The zero-order valence-corrected chi connectivity index (χ0v) is 21.0. The summed E-state index contributed by atoms with van der Waals surface area (Å²) in [6.45, 7) is 12.7. The number of azo groups is 1. The van der Waals surface area contributed by atoms with Crippen LogP contribution in [0.4, 0.5) is 9.59 Å². The Labute approximate surface area is 174 Å². The van der Waals surface area contributed by atoms with E-state index in [1.54, 1.807) is 0 Å². The van der Waals surface area contributed by atoms with Crippen molar-refractivity contribution in [2.45, 2.75) is 116 Å². The van der Waals surface area contributed by atoms with Crippen molar-refractivity contribution in [1.29, 1.82) is 0 Å². The van der Waals surface area contributed by atoms with E-state index in [0.29, 0.717) is 0 Å². The van der Waals surface area contributed by atoms with E-state index < -0.39 is 28.8 Å². The van der Waals surface area contributed by atoms with Crippen LogP contribution in [0.15, 0.2) is 10.2 Å². The van der Waals surface area contributed by atoms with E-state index in [9.17, 15) is 9.59 Å². The molecule has 0 aromatic rings. The second-order valence-corrected chi connectivity index (χ2v) is 15.9. The average Bonchev–Trinajstić information content (AvgIpc) is 2.61. The van der Waals surface area contributed by atoms with Gasteiger partial charge in [0.15, 0.2) is 0 Å². The highest BCUT2D eigenvalue weighted by atomic mass is 28.4. The van der Waals surface area contributed by atoms with Crippen molar-refractivity contribution in [1.82, 2.24) is 0 Å². The summed E-state index contributed by atoms with van der Waals surface area (Å²) in [6.07, 6.45) is 4.45. The number of carbonyl (C=O) groups is 2. The Morgan fingerprint density at radius 2 is 0.750 bits per heavy atom. The first kappa shape index (κ1) is 27.0. The Kier molecular flexibility index (Phi) is 14.4. The van der Waals surface area contributed by atoms with Gasteiger partial charge >= 0.3 is 12.2 Å². The highest BCUT2D eigenvalue weighted by Gasteiger charge is 2.37. The Morgan fingerprint density at radius 1 is 0.536 bits per heavy atom. The lowest BCUT2D eigenvalue weighted by atomic mass is 10.6. The van der Waals surface area contributed by atoms with E-state index >= 15 is 0 Å². The first-order valence-corrected chi connectivity index (χ1v) is 16.3. The summed E-state index contributed by atoms with van der Waals surface area (Å²) in [5.41, 5.74) is 0. The molecule has 0 heterocycles. The summed E-state index contributed by atoms with van der Waals surface area (Å²) in [5, 5.41) is 7.13. The van der Waals surface area contributed by atoms with Gasteiger partial charge in [-0.15, -0.1) is 0 Å². The smallest absolute Gasteiger partial charge is 0.439 e. The molecule has 2 amide bonds. The molecular weight excluding hydrogens is 388 g/mol. The van der Waals surface area contributed by atoms with Crippen molar-refractivity contribution in [3.63, 3.8) is 0 Å². The van der Waals surface area contributed by atoms with E-state index in [-0.39, 0.29) is 0 Å². The van der Waals surface area contributed by atoms with Crippen molar-refractivity contribution in [3.05, 3.63) is 0 Å². The molecule has 0 aliphatic carbocycles. The van der Waals surface area contributed by atoms with Gasteiger partial charge < -0.3 is 8.85 Å². The number of rotatable bonds is 14. The van der Waals surface area contributed by atoms with Gasteiger partial charge in [0.1, 0.15) is 0 Å². The average molecular weight is 431 g/mol. The second-order valence-electron chi connectivity index (χ2n) is 7.80. The Hall–Kier alpha value is -1.03. The largest absolute Gasteiger partial charge is 0.501 e. The highest BCUT2D eigenvalue weighted by molar-refractivity contribution is 6.75. The van der Waals surface area contributed by atoms with Gasteiger partial charge in [-0.2, -0.15) is 0 Å². The molecule has 0 fully saturated rings. The fourth-order valence-electron chi connectivity index (χ4n) is 4.28. The van der Waals surface area contributed by atoms with Crippen LogP contribution in [0.25, 0.3) is 0 Å². The molecular formula is C20H42N2O4Si2. The topological polar surface area (TPSA) is 77.3 Å². The molecule has 0 radical (unpaired) electrons. The van der Waals surface area contributed by atoms with Gasteiger partial charge in [0.2, 0.25) is 0 Å². The van der Waals surface area contributed by atoms with E-state index in [4.69, 9.17) is 8.85 Å². The molecule has 8 heteroatoms. The van der Waals surface area contributed by atoms with Crippen LogP contribution in [-0.4, -0.2) is 28.8 Å². The van der Waals surface area contributed by atoms with Gasteiger partial charge in [0.05, 0.1) is 0 Å². The summed E-state index contributed by atoms with van der Waals surface area (Å²) in [7, 11) is -4.32. The maximum absolute atomic E-state index is 12.3. The van der Waals surface area contributed by atoms with Crippen LogP contribution in [0.1, 0.15) is 80.1 Å². The summed E-state index contributed by atoms with van der Waals surface area (Å²) in [4.78, 5) is 24.6. The normalized spacial score (nSPS) is 12.4. The number of nitrogens with zero attached hydrogens (tertiary/aromatic N) is 2. The van der Waals surface area contributed by atoms with Crippen LogP contribution in [0.3, 0.4) is 0 Å². The standard InChI is InChI=1S/C20H42N2O4Si2/c1-7-13-27(14-8-2,15-9-3)25-19(23)21-22-20(24)26-28(16-10-4,17-11-5)18-12-6/h7-18H2,1-6H3. The molecule has 0 N–H and O–H groups in total. The first-order valence-electron chi connectivity index (χ1n) is 11.2. The maximum Gasteiger partial charge on any atom is 0.439 e. The van der Waals surface area contributed by atoms with Crippen molar-refractivity contribution in [3.8, 4) is 0 Å². The van der Waals surface area contributed by atoms with Crippen LogP contribution >= 0.6 is 0 Å². The fourth-order valence-corrected chi connectivity index (χ4v) is 12.7. The zero-order chi connectivity index (χ0) is 21.5. The van der Waals surface area contributed by atoms with Gasteiger partial charge in [-0.1, -0.05) is 90.3 Å². The lowest BCUT2D eigenvalue weighted by Gasteiger charge is -2.29. The van der Waals surface area contributed by atoms with Crippen LogP contribution in [0.5, 0.6) is 0 Å². The molecule has 0 saturated heterocycles. The summed E-state index contributed by atoms with van der Waals surface area (Å²) < 4.78 is 11.7. The van der Waals surface area contributed by atoms with E-state index in [0.717, 1.165) is 74.8 Å². The molecule has 0 atom stereocenters. The molecule has 0 aromatic carbocycles. The molecule has 0 aromatic heterocycles. The maximum atomic E-state index is 12.3. The van der Waals surface area contributed by atoms with Crippen LogP contribution in [0, 0.1) is 0 Å². The second kappa shape index (κ2) is 14.9. The summed E-state index contributed by atoms with van der Waals surface area (Å²) in [5.74, 6) is 0. The summed E-state index contributed by atoms with van der Waals surface area (Å²) >= 11 is 0. The molecule has 0 aliphatic rings. The Bertz CT molecular complexity index is 411. The third-order valence-electron chi connectivity index (χ3n) is 5.05. The SMILES string of the molecule is CCC[Si](CCC)(CCC)OC(=O)N=NC(=O)O[Si](CCC)(CCC)CCC. The zero-order valence-electron chi connectivity index (χ0n) is 19.0. The molecule has 0 saturated carbocycles. The number of hydrogen-bond donors (Lipinski definition) is 0. The molecule has 0 bridgehead atoms. The van der Waals surface area contributed by atoms with Crippen molar-refractivity contribution >= 4 is 28.8 Å². The van der Waals surface area contributed by atoms with Gasteiger partial charge in [-0.25, -0.2) is 9.59 Å². The highest BCUT2D eigenvalue weighted by Crippen LogP contribution is 2.29. The number of amides is 2. The molecule has 0 unspecified atom stereocenters. The van der Waals surface area contributed by atoms with Crippen LogP contribution in [-0.2, 0) is 8.85 Å². The van der Waals surface area contributed by atoms with Gasteiger partial charge in [-0.05, 0) is 36.3 Å². The molecule has 6 nitrogen and oxygen atoms in total. The molecule has 0 aliphatic heterocycles. The van der Waals surface area contributed by atoms with E-state index in [1.165, 1.54) is 0 Å². The van der Waals surface area contributed by atoms with Crippen LogP contribution in [0.2, 0.25) is 36.3 Å². The number of hydrogen-bond acceptors (Lipinski definition) is 4. The van der Waals surface area contributed by atoms with Gasteiger partial charge in [0, 0.05) is 0 Å². The van der Waals surface area contributed by atoms with Crippen molar-refractivity contribution in [2.24, 2.45) is 10.2 Å². The third kappa shape index (κ3) is 9.95. The predicted molar refractivity (Wildman–Crippen MR) is 120 cm³/mol. The van der Waals surface area contributed by atoms with E-state index in [1.807, 2.05) is 0 Å². The van der Waals surface area contributed by atoms with E-state index in [2.05, 4.69) is 51.8 Å². The van der Waals surface area contributed by atoms with Crippen molar-refractivity contribution < 1.29 is 18.4 Å². The monoisotopic (exact) mass is 430 g/mol. The molecule has 0 spiro atoms. The fraction of sp³-hybridized carbons (Fsp3) is 0.900. The van der Waals surface area contributed by atoms with Crippen LogP contribution < -0.4 is 0 Å². The first-order chi connectivity index (χ1) is 13.4. The third-order valence-corrected chi connectivity index (χ3v) is 14.7.